The molecule has 1 aromatic heterocycles. The monoisotopic (exact) mass is 342 g/mol. The molecule has 8 heteroatoms. The van der Waals surface area contributed by atoms with Gasteiger partial charge in [0.1, 0.15) is 17.5 Å². The van der Waals surface area contributed by atoms with Crippen LogP contribution < -0.4 is 10.6 Å². The first-order valence-corrected chi connectivity index (χ1v) is 7.45. The van der Waals surface area contributed by atoms with Gasteiger partial charge < -0.3 is 10.6 Å². The standard InChI is InChI=1S/C15H14ClF3N4/c1-8-20-13(22-9-2-3-9)7-14(21-8)23-10-4-5-12(16)11(6-10)15(17,18)19/h4-7,9H,2-3H2,1H3,(H2,20,21,22,23). The Bertz CT molecular complexity index is 729. The lowest BCUT2D eigenvalue weighted by Gasteiger charge is -2.13. The second-order valence-corrected chi connectivity index (χ2v) is 5.83. The molecule has 0 unspecified atom stereocenters. The molecule has 122 valence electrons. The quantitative estimate of drug-likeness (QED) is 0.840. The first kappa shape index (κ1) is 15.9. The predicted octanol–water partition coefficient (Wildman–Crippen LogP) is 4.78. The maximum absolute atomic E-state index is 12.9. The molecule has 0 spiro atoms. The molecule has 2 N–H and O–H groups in total. The molecule has 0 atom stereocenters. The maximum Gasteiger partial charge on any atom is 0.417 e. The minimum absolute atomic E-state index is 0.261. The van der Waals surface area contributed by atoms with Crippen molar-refractivity contribution in [2.45, 2.75) is 32.0 Å². The Labute approximate surface area is 136 Å². The summed E-state index contributed by atoms with van der Waals surface area (Å²) >= 11 is 5.62. The fourth-order valence-corrected chi connectivity index (χ4v) is 2.34. The van der Waals surface area contributed by atoms with E-state index in [0.717, 1.165) is 18.9 Å². The molecule has 0 saturated heterocycles. The fraction of sp³-hybridized carbons (Fsp3) is 0.333. The number of anilines is 3. The number of hydrogen-bond donors (Lipinski definition) is 2. The summed E-state index contributed by atoms with van der Waals surface area (Å²) in [5.41, 5.74) is -0.622. The van der Waals surface area contributed by atoms with Crippen LogP contribution in [0.5, 0.6) is 0 Å². The Hall–Kier alpha value is -2.02. The first-order valence-electron chi connectivity index (χ1n) is 7.07. The van der Waals surface area contributed by atoms with Crippen molar-refractivity contribution in [2.75, 3.05) is 10.6 Å². The van der Waals surface area contributed by atoms with Crippen molar-refractivity contribution >= 4 is 28.9 Å². The van der Waals surface area contributed by atoms with Gasteiger partial charge in [-0.05, 0) is 38.0 Å². The predicted molar refractivity (Wildman–Crippen MR) is 83.2 cm³/mol. The van der Waals surface area contributed by atoms with E-state index in [-0.39, 0.29) is 10.7 Å². The summed E-state index contributed by atoms with van der Waals surface area (Å²) in [4.78, 5) is 8.46. The highest BCUT2D eigenvalue weighted by Gasteiger charge is 2.33. The number of hydrogen-bond acceptors (Lipinski definition) is 4. The van der Waals surface area contributed by atoms with Crippen molar-refractivity contribution in [1.29, 1.82) is 0 Å². The van der Waals surface area contributed by atoms with Gasteiger partial charge in [0, 0.05) is 17.8 Å². The van der Waals surface area contributed by atoms with Gasteiger partial charge in [0.2, 0.25) is 0 Å². The van der Waals surface area contributed by atoms with Crippen LogP contribution >= 0.6 is 11.6 Å². The minimum Gasteiger partial charge on any atom is -0.367 e. The zero-order chi connectivity index (χ0) is 16.6. The normalized spacial score (nSPS) is 14.7. The molecular formula is C15H14ClF3N4. The molecule has 1 aliphatic carbocycles. The lowest BCUT2D eigenvalue weighted by atomic mass is 10.2. The molecule has 1 fully saturated rings. The van der Waals surface area contributed by atoms with Crippen molar-refractivity contribution in [3.05, 3.63) is 40.7 Å². The Morgan fingerprint density at radius 3 is 2.48 bits per heavy atom. The van der Waals surface area contributed by atoms with Gasteiger partial charge in [-0.1, -0.05) is 11.6 Å². The van der Waals surface area contributed by atoms with Crippen molar-refractivity contribution in [3.8, 4) is 0 Å². The highest BCUT2D eigenvalue weighted by molar-refractivity contribution is 6.31. The molecule has 2 aromatic rings. The van der Waals surface area contributed by atoms with E-state index < -0.39 is 11.7 Å². The van der Waals surface area contributed by atoms with Crippen LogP contribution in [0.4, 0.5) is 30.5 Å². The van der Waals surface area contributed by atoms with Gasteiger partial charge in [-0.15, -0.1) is 0 Å². The summed E-state index contributed by atoms with van der Waals surface area (Å²) in [6.45, 7) is 1.73. The highest BCUT2D eigenvalue weighted by atomic mass is 35.5. The molecule has 1 saturated carbocycles. The Balaban J connectivity index is 1.85. The van der Waals surface area contributed by atoms with E-state index in [9.17, 15) is 13.2 Å². The molecule has 0 radical (unpaired) electrons. The SMILES string of the molecule is Cc1nc(Nc2ccc(Cl)c(C(F)(F)F)c2)cc(NC2CC2)n1. The van der Waals surface area contributed by atoms with E-state index in [2.05, 4.69) is 20.6 Å². The number of nitrogens with one attached hydrogen (secondary N) is 2. The van der Waals surface area contributed by atoms with Gasteiger partial charge in [0.05, 0.1) is 10.6 Å². The van der Waals surface area contributed by atoms with Gasteiger partial charge in [0.15, 0.2) is 0 Å². The van der Waals surface area contributed by atoms with Crippen LogP contribution in [-0.4, -0.2) is 16.0 Å². The smallest absolute Gasteiger partial charge is 0.367 e. The largest absolute Gasteiger partial charge is 0.417 e. The van der Waals surface area contributed by atoms with Crippen LogP contribution in [0.25, 0.3) is 0 Å². The summed E-state index contributed by atoms with van der Waals surface area (Å²) < 4.78 is 38.7. The van der Waals surface area contributed by atoms with Gasteiger partial charge in [-0.25, -0.2) is 9.97 Å². The lowest BCUT2D eigenvalue weighted by Crippen LogP contribution is -2.08. The van der Waals surface area contributed by atoms with Gasteiger partial charge >= 0.3 is 6.18 Å². The Kier molecular flexibility index (Phi) is 4.06. The molecule has 0 bridgehead atoms. The highest BCUT2D eigenvalue weighted by Crippen LogP contribution is 2.36. The van der Waals surface area contributed by atoms with Crippen LogP contribution in [0, 0.1) is 6.92 Å². The Morgan fingerprint density at radius 1 is 1.13 bits per heavy atom. The molecule has 3 rings (SSSR count). The minimum atomic E-state index is -4.50. The van der Waals surface area contributed by atoms with Crippen molar-refractivity contribution < 1.29 is 13.2 Å². The van der Waals surface area contributed by atoms with Crippen LogP contribution in [0.15, 0.2) is 24.3 Å². The lowest BCUT2D eigenvalue weighted by molar-refractivity contribution is -0.137. The second-order valence-electron chi connectivity index (χ2n) is 5.42. The third kappa shape index (κ3) is 4.04. The van der Waals surface area contributed by atoms with E-state index in [1.54, 1.807) is 13.0 Å². The second kappa shape index (κ2) is 5.88. The van der Waals surface area contributed by atoms with Crippen LogP contribution in [0.3, 0.4) is 0 Å². The third-order valence-corrected chi connectivity index (χ3v) is 3.64. The van der Waals surface area contributed by atoms with E-state index in [0.29, 0.717) is 23.5 Å². The van der Waals surface area contributed by atoms with Crippen LogP contribution in [0.2, 0.25) is 5.02 Å². The molecular weight excluding hydrogens is 329 g/mol. The number of halogens is 4. The number of aryl methyl sites for hydroxylation is 1. The average molecular weight is 343 g/mol. The summed E-state index contributed by atoms with van der Waals surface area (Å²) in [5.74, 6) is 1.62. The number of alkyl halides is 3. The van der Waals surface area contributed by atoms with Gasteiger partial charge in [-0.2, -0.15) is 13.2 Å². The van der Waals surface area contributed by atoms with Crippen LogP contribution in [-0.2, 0) is 6.18 Å². The summed E-state index contributed by atoms with van der Waals surface area (Å²) in [5, 5.41) is 5.77. The van der Waals surface area contributed by atoms with E-state index in [1.807, 2.05) is 0 Å². The van der Waals surface area contributed by atoms with E-state index >= 15 is 0 Å². The maximum atomic E-state index is 12.9. The van der Waals surface area contributed by atoms with Gasteiger partial charge in [0.25, 0.3) is 0 Å². The molecule has 23 heavy (non-hydrogen) atoms. The topological polar surface area (TPSA) is 49.8 Å². The van der Waals surface area contributed by atoms with Gasteiger partial charge in [-0.3, -0.25) is 0 Å². The Morgan fingerprint density at radius 2 is 1.83 bits per heavy atom. The summed E-state index contributed by atoms with van der Waals surface area (Å²) in [6, 6.07) is 5.75. The van der Waals surface area contributed by atoms with Crippen LogP contribution in [0.1, 0.15) is 24.2 Å². The van der Waals surface area contributed by atoms with Crippen molar-refractivity contribution in [3.63, 3.8) is 0 Å². The molecule has 4 nitrogen and oxygen atoms in total. The van der Waals surface area contributed by atoms with E-state index in [1.165, 1.54) is 12.1 Å². The zero-order valence-corrected chi connectivity index (χ0v) is 13.0. The number of nitrogens with zero attached hydrogens (tertiary/aromatic N) is 2. The molecule has 0 aliphatic heterocycles. The molecule has 1 aliphatic rings. The summed E-state index contributed by atoms with van der Waals surface area (Å²) in [6.07, 6.45) is -2.31. The first-order chi connectivity index (χ1) is 10.8. The summed E-state index contributed by atoms with van der Waals surface area (Å²) in [7, 11) is 0. The number of rotatable bonds is 4. The van der Waals surface area contributed by atoms with Crippen molar-refractivity contribution in [2.24, 2.45) is 0 Å². The number of benzene rings is 1. The van der Waals surface area contributed by atoms with Crippen molar-refractivity contribution in [1.82, 2.24) is 9.97 Å². The van der Waals surface area contributed by atoms with E-state index in [4.69, 9.17) is 11.6 Å². The molecule has 1 aromatic carbocycles. The number of aromatic nitrogens is 2. The third-order valence-electron chi connectivity index (χ3n) is 3.31. The zero-order valence-electron chi connectivity index (χ0n) is 12.2. The molecule has 1 heterocycles. The fourth-order valence-electron chi connectivity index (χ4n) is 2.11. The average Bonchev–Trinajstić information content (AvgIpc) is 3.23. The molecule has 0 amide bonds.